The summed E-state index contributed by atoms with van der Waals surface area (Å²) < 4.78 is 5.39. The van der Waals surface area contributed by atoms with Crippen molar-refractivity contribution in [3.8, 4) is 0 Å². The van der Waals surface area contributed by atoms with Crippen molar-refractivity contribution in [2.75, 3.05) is 33.2 Å². The van der Waals surface area contributed by atoms with Gasteiger partial charge in [-0.05, 0) is 44.5 Å². The van der Waals surface area contributed by atoms with E-state index in [2.05, 4.69) is 20.1 Å². The summed E-state index contributed by atoms with van der Waals surface area (Å²) in [4.78, 5) is 20.3. The van der Waals surface area contributed by atoms with E-state index >= 15 is 0 Å². The van der Waals surface area contributed by atoms with Gasteiger partial charge in [0.05, 0.1) is 6.54 Å². The molecule has 0 bridgehead atoms. The Morgan fingerprint density at radius 3 is 2.83 bits per heavy atom. The molecule has 2 saturated heterocycles. The number of carbonyl (C=O) groups excluding carboxylic acids is 1. The molecule has 0 radical (unpaired) electrons. The fourth-order valence-corrected chi connectivity index (χ4v) is 3.44. The van der Waals surface area contributed by atoms with Gasteiger partial charge in [0.15, 0.2) is 11.7 Å². The molecule has 7 heteroatoms. The van der Waals surface area contributed by atoms with Crippen molar-refractivity contribution in [3.05, 3.63) is 23.7 Å². The minimum Gasteiger partial charge on any atom is -0.454 e. The Morgan fingerprint density at radius 2 is 2.17 bits per heavy atom. The molecule has 0 saturated carbocycles. The van der Waals surface area contributed by atoms with Crippen LogP contribution in [0.25, 0.3) is 0 Å². The quantitative estimate of drug-likeness (QED) is 0.628. The van der Waals surface area contributed by atoms with E-state index in [-0.39, 0.29) is 5.76 Å². The van der Waals surface area contributed by atoms with E-state index < -0.39 is 5.91 Å². The van der Waals surface area contributed by atoms with Crippen LogP contribution in [0.5, 0.6) is 0 Å². The highest BCUT2D eigenvalue weighted by molar-refractivity contribution is 5.89. The first-order valence-electron chi connectivity index (χ1n) is 8.25. The van der Waals surface area contributed by atoms with Crippen LogP contribution in [0.15, 0.2) is 21.5 Å². The largest absolute Gasteiger partial charge is 0.454 e. The van der Waals surface area contributed by atoms with Crippen LogP contribution in [-0.4, -0.2) is 60.9 Å². The van der Waals surface area contributed by atoms with E-state index in [0.29, 0.717) is 18.3 Å². The number of rotatable bonds is 4. The zero-order valence-electron chi connectivity index (χ0n) is 13.6. The van der Waals surface area contributed by atoms with Gasteiger partial charge in [-0.2, -0.15) is 0 Å². The van der Waals surface area contributed by atoms with Gasteiger partial charge in [-0.15, -0.1) is 0 Å². The first-order valence-corrected chi connectivity index (χ1v) is 8.25. The third kappa shape index (κ3) is 3.67. The molecule has 2 aliphatic heterocycles. The number of furan rings is 1. The maximum Gasteiger partial charge on any atom is 0.284 e. The van der Waals surface area contributed by atoms with Crippen molar-refractivity contribution in [2.45, 2.75) is 31.8 Å². The predicted molar refractivity (Wildman–Crippen MR) is 88.2 cm³/mol. The van der Waals surface area contributed by atoms with E-state index in [1.807, 2.05) is 0 Å². The van der Waals surface area contributed by atoms with Crippen LogP contribution in [0, 0.1) is 0 Å². The van der Waals surface area contributed by atoms with Crippen molar-refractivity contribution >= 4 is 11.9 Å². The molecule has 1 atom stereocenters. The van der Waals surface area contributed by atoms with Gasteiger partial charge in [-0.25, -0.2) is 0 Å². The van der Waals surface area contributed by atoms with Crippen LogP contribution in [0.4, 0.5) is 0 Å². The summed E-state index contributed by atoms with van der Waals surface area (Å²) in [6, 6.07) is 4.00. The number of nitrogens with zero attached hydrogens (tertiary/aromatic N) is 3. The second-order valence-electron chi connectivity index (χ2n) is 6.16. The zero-order chi connectivity index (χ0) is 16.2. The number of hydrogen-bond acceptors (Lipinski definition) is 4. The van der Waals surface area contributed by atoms with Gasteiger partial charge in [-0.1, -0.05) is 0 Å². The summed E-state index contributed by atoms with van der Waals surface area (Å²) in [7, 11) is 1.79. The lowest BCUT2D eigenvalue weighted by Gasteiger charge is -2.25. The molecule has 7 nitrogen and oxygen atoms in total. The number of guanidine groups is 1. The fourth-order valence-electron chi connectivity index (χ4n) is 3.44. The van der Waals surface area contributed by atoms with E-state index in [9.17, 15) is 4.79 Å². The number of primary amides is 1. The number of amides is 1. The second-order valence-corrected chi connectivity index (χ2v) is 6.16. The highest BCUT2D eigenvalue weighted by Gasteiger charge is 2.30. The van der Waals surface area contributed by atoms with Crippen molar-refractivity contribution < 1.29 is 9.21 Å². The van der Waals surface area contributed by atoms with Gasteiger partial charge in [0, 0.05) is 26.2 Å². The molecule has 0 aromatic carbocycles. The summed E-state index contributed by atoms with van der Waals surface area (Å²) in [5.74, 6) is 1.19. The lowest BCUT2D eigenvalue weighted by molar-refractivity contribution is 0.0972. The number of carbonyl (C=O) groups is 1. The second kappa shape index (κ2) is 7.04. The molecule has 1 aromatic heterocycles. The number of nitrogens with two attached hydrogens (primary N) is 1. The van der Waals surface area contributed by atoms with Gasteiger partial charge in [0.25, 0.3) is 5.91 Å². The Bertz CT molecular complexity index is 577. The summed E-state index contributed by atoms with van der Waals surface area (Å²) >= 11 is 0. The average molecular weight is 319 g/mol. The Hall–Kier alpha value is -2.02. The molecule has 0 spiro atoms. The molecule has 2 fully saturated rings. The molecule has 126 valence electrons. The Morgan fingerprint density at radius 1 is 1.39 bits per heavy atom. The number of aliphatic imine (C=N–C) groups is 1. The van der Waals surface area contributed by atoms with Gasteiger partial charge >= 0.3 is 0 Å². The molecule has 0 aliphatic carbocycles. The van der Waals surface area contributed by atoms with E-state index in [0.717, 1.165) is 19.0 Å². The minimum absolute atomic E-state index is 0.187. The number of hydrogen-bond donors (Lipinski definition) is 2. The van der Waals surface area contributed by atoms with Crippen molar-refractivity contribution in [3.63, 3.8) is 0 Å². The summed E-state index contributed by atoms with van der Waals surface area (Å²) in [6.45, 7) is 4.99. The highest BCUT2D eigenvalue weighted by atomic mass is 16.3. The highest BCUT2D eigenvalue weighted by Crippen LogP contribution is 2.20. The maximum atomic E-state index is 11.1. The molecule has 3 N–H and O–H groups in total. The lowest BCUT2D eigenvalue weighted by atomic mass is 10.2. The molecular formula is C16H25N5O2. The Balaban J connectivity index is 1.52. The monoisotopic (exact) mass is 319 g/mol. The first-order chi connectivity index (χ1) is 11.2. The van der Waals surface area contributed by atoms with Crippen LogP contribution >= 0.6 is 0 Å². The molecule has 23 heavy (non-hydrogen) atoms. The van der Waals surface area contributed by atoms with Crippen molar-refractivity contribution in [2.24, 2.45) is 10.7 Å². The Kier molecular flexibility index (Phi) is 4.85. The molecule has 1 amide bonds. The van der Waals surface area contributed by atoms with Crippen LogP contribution in [0.2, 0.25) is 0 Å². The number of likely N-dealkylation sites (tertiary alicyclic amines) is 2. The normalized spacial score (nSPS) is 22.7. The van der Waals surface area contributed by atoms with Gasteiger partial charge in [-0.3, -0.25) is 14.7 Å². The Labute approximate surface area is 136 Å². The predicted octanol–water partition coefficient (Wildman–Crippen LogP) is 0.624. The zero-order valence-corrected chi connectivity index (χ0v) is 13.6. The molecule has 3 heterocycles. The molecule has 3 rings (SSSR count). The number of nitrogens with one attached hydrogen (secondary N) is 1. The molecular weight excluding hydrogens is 294 g/mol. The third-order valence-electron chi connectivity index (χ3n) is 4.66. The standard InChI is InChI=1S/C16H25N5O2/c1-18-16(19-10-13-4-5-14(23-13)15(17)22)21-9-6-12(11-21)20-7-2-3-8-20/h4-5,12H,2-3,6-11H2,1H3,(H2,17,22)(H,18,19). The average Bonchev–Trinajstić information content (AvgIpc) is 3.29. The lowest BCUT2D eigenvalue weighted by Crippen LogP contribution is -2.42. The van der Waals surface area contributed by atoms with Gasteiger partial charge in [0.1, 0.15) is 5.76 Å². The minimum atomic E-state index is -0.548. The van der Waals surface area contributed by atoms with Crippen LogP contribution < -0.4 is 11.1 Å². The van der Waals surface area contributed by atoms with Gasteiger partial charge in [0.2, 0.25) is 0 Å². The molecule has 1 unspecified atom stereocenters. The van der Waals surface area contributed by atoms with Crippen molar-refractivity contribution in [1.82, 2.24) is 15.1 Å². The summed E-state index contributed by atoms with van der Waals surface area (Å²) in [5, 5.41) is 3.30. The smallest absolute Gasteiger partial charge is 0.284 e. The fraction of sp³-hybridized carbons (Fsp3) is 0.625. The third-order valence-corrected chi connectivity index (χ3v) is 4.66. The molecule has 2 aliphatic rings. The van der Waals surface area contributed by atoms with Crippen LogP contribution in [0.3, 0.4) is 0 Å². The summed E-state index contributed by atoms with van der Waals surface area (Å²) in [5.41, 5.74) is 5.19. The van der Waals surface area contributed by atoms with Crippen LogP contribution in [-0.2, 0) is 6.54 Å². The van der Waals surface area contributed by atoms with E-state index in [1.54, 1.807) is 19.2 Å². The molecule has 1 aromatic rings. The van der Waals surface area contributed by atoms with E-state index in [4.69, 9.17) is 10.2 Å². The first kappa shape index (κ1) is 15.9. The van der Waals surface area contributed by atoms with Gasteiger partial charge < -0.3 is 20.4 Å². The van der Waals surface area contributed by atoms with E-state index in [1.165, 1.54) is 32.4 Å². The van der Waals surface area contributed by atoms with Crippen LogP contribution in [0.1, 0.15) is 35.6 Å². The van der Waals surface area contributed by atoms with Crippen molar-refractivity contribution in [1.29, 1.82) is 0 Å². The maximum absolute atomic E-state index is 11.1. The SMILES string of the molecule is CN=C(NCc1ccc(C(N)=O)o1)N1CCC(N2CCCC2)C1. The topological polar surface area (TPSA) is 87.1 Å². The summed E-state index contributed by atoms with van der Waals surface area (Å²) in [6.07, 6.45) is 3.83.